The first-order chi connectivity index (χ1) is 6.28. The molecule has 0 aromatic rings. The average Bonchev–Trinajstić information content (AvgIpc) is 2.17. The maximum absolute atomic E-state index is 5.13. The van der Waals surface area contributed by atoms with Crippen LogP contribution in [0.5, 0.6) is 0 Å². The van der Waals surface area contributed by atoms with Crippen molar-refractivity contribution in [1.29, 1.82) is 0 Å². The largest absolute Gasteiger partial charge is 0.383 e. The lowest BCUT2D eigenvalue weighted by molar-refractivity contribution is 0.162. The van der Waals surface area contributed by atoms with Gasteiger partial charge in [-0.2, -0.15) is 0 Å². The van der Waals surface area contributed by atoms with E-state index in [1.54, 1.807) is 7.11 Å². The Morgan fingerprint density at radius 2 is 1.77 bits per heavy atom. The minimum absolute atomic E-state index is 0.533. The molecule has 0 aliphatic carbocycles. The third kappa shape index (κ3) is 6.05. The fourth-order valence-corrected chi connectivity index (χ4v) is 1.65. The maximum Gasteiger partial charge on any atom is 0.0615 e. The van der Waals surface area contributed by atoms with Gasteiger partial charge in [0.1, 0.15) is 0 Å². The second-order valence-electron chi connectivity index (χ2n) is 3.70. The molecule has 0 aliphatic rings. The molecule has 1 N–H and O–H groups in total. The van der Waals surface area contributed by atoms with E-state index in [4.69, 9.17) is 4.74 Å². The summed E-state index contributed by atoms with van der Waals surface area (Å²) in [5.74, 6) is 0.896. The van der Waals surface area contributed by atoms with Gasteiger partial charge in [0, 0.05) is 13.2 Å². The SMILES string of the molecule is CCC(CC)CCC(COC)NC. The predicted octanol–water partition coefficient (Wildman–Crippen LogP) is 2.44. The molecule has 2 heteroatoms. The second-order valence-corrected chi connectivity index (χ2v) is 3.70. The van der Waals surface area contributed by atoms with E-state index in [1.165, 1.54) is 25.7 Å². The van der Waals surface area contributed by atoms with Crippen molar-refractivity contribution in [3.63, 3.8) is 0 Å². The number of nitrogens with one attached hydrogen (secondary N) is 1. The lowest BCUT2D eigenvalue weighted by Gasteiger charge is -2.18. The van der Waals surface area contributed by atoms with E-state index in [9.17, 15) is 0 Å². The number of likely N-dealkylation sites (N-methyl/N-ethyl adjacent to an activating group) is 1. The van der Waals surface area contributed by atoms with Gasteiger partial charge in [0.2, 0.25) is 0 Å². The van der Waals surface area contributed by atoms with Gasteiger partial charge in [-0.1, -0.05) is 26.7 Å². The van der Waals surface area contributed by atoms with Crippen molar-refractivity contribution < 1.29 is 4.74 Å². The summed E-state index contributed by atoms with van der Waals surface area (Å²) in [4.78, 5) is 0. The van der Waals surface area contributed by atoms with Gasteiger partial charge >= 0.3 is 0 Å². The van der Waals surface area contributed by atoms with Crippen LogP contribution in [-0.2, 0) is 4.74 Å². The Kier molecular flexibility index (Phi) is 8.46. The highest BCUT2D eigenvalue weighted by Crippen LogP contribution is 2.15. The molecule has 2 nitrogen and oxygen atoms in total. The van der Waals surface area contributed by atoms with Gasteiger partial charge in [0.25, 0.3) is 0 Å². The van der Waals surface area contributed by atoms with Crippen LogP contribution in [0, 0.1) is 5.92 Å². The standard InChI is InChI=1S/C11H25NO/c1-5-10(6-2)7-8-11(12-3)9-13-4/h10-12H,5-9H2,1-4H3. The first kappa shape index (κ1) is 12.9. The molecule has 0 radical (unpaired) electrons. The van der Waals surface area contributed by atoms with Crippen LogP contribution in [-0.4, -0.2) is 26.8 Å². The van der Waals surface area contributed by atoms with Crippen LogP contribution in [0.2, 0.25) is 0 Å². The Hall–Kier alpha value is -0.0800. The molecular weight excluding hydrogens is 162 g/mol. The highest BCUT2D eigenvalue weighted by atomic mass is 16.5. The second kappa shape index (κ2) is 8.52. The monoisotopic (exact) mass is 187 g/mol. The Labute approximate surface area is 83.1 Å². The molecular formula is C11H25NO. The number of ether oxygens (including phenoxy) is 1. The van der Waals surface area contributed by atoms with E-state index in [1.807, 2.05) is 7.05 Å². The quantitative estimate of drug-likeness (QED) is 0.630. The number of rotatable bonds is 8. The van der Waals surface area contributed by atoms with Crippen molar-refractivity contribution in [3.8, 4) is 0 Å². The fraction of sp³-hybridized carbons (Fsp3) is 1.00. The van der Waals surface area contributed by atoms with Gasteiger partial charge in [-0.25, -0.2) is 0 Å². The maximum atomic E-state index is 5.13. The van der Waals surface area contributed by atoms with E-state index in [0.717, 1.165) is 12.5 Å². The predicted molar refractivity (Wildman–Crippen MR) is 58.0 cm³/mol. The van der Waals surface area contributed by atoms with E-state index < -0.39 is 0 Å². The number of methoxy groups -OCH3 is 1. The van der Waals surface area contributed by atoms with Crippen molar-refractivity contribution in [2.45, 2.75) is 45.6 Å². The molecule has 80 valence electrons. The molecule has 0 amide bonds. The molecule has 0 aromatic heterocycles. The zero-order valence-corrected chi connectivity index (χ0v) is 9.60. The van der Waals surface area contributed by atoms with Gasteiger partial charge in [-0.3, -0.25) is 0 Å². The lowest BCUT2D eigenvalue weighted by atomic mass is 9.95. The smallest absolute Gasteiger partial charge is 0.0615 e. The summed E-state index contributed by atoms with van der Waals surface area (Å²) in [6, 6.07) is 0.533. The molecule has 0 rings (SSSR count). The van der Waals surface area contributed by atoms with Gasteiger partial charge < -0.3 is 10.1 Å². The van der Waals surface area contributed by atoms with Crippen molar-refractivity contribution in [2.24, 2.45) is 5.92 Å². The molecule has 0 fully saturated rings. The molecule has 0 aromatic carbocycles. The highest BCUT2D eigenvalue weighted by molar-refractivity contribution is 4.66. The van der Waals surface area contributed by atoms with Gasteiger partial charge in [-0.05, 0) is 25.8 Å². The van der Waals surface area contributed by atoms with Crippen molar-refractivity contribution in [2.75, 3.05) is 20.8 Å². The Bertz CT molecular complexity index is 102. The minimum atomic E-state index is 0.533. The summed E-state index contributed by atoms with van der Waals surface area (Å²) in [6.07, 6.45) is 5.17. The van der Waals surface area contributed by atoms with Gasteiger partial charge in [-0.15, -0.1) is 0 Å². The normalized spacial score (nSPS) is 13.6. The molecule has 0 saturated carbocycles. The van der Waals surface area contributed by atoms with Crippen LogP contribution in [0.15, 0.2) is 0 Å². The van der Waals surface area contributed by atoms with Crippen LogP contribution in [0.4, 0.5) is 0 Å². The Morgan fingerprint density at radius 1 is 1.15 bits per heavy atom. The van der Waals surface area contributed by atoms with E-state index in [-0.39, 0.29) is 0 Å². The number of hydrogen-bond donors (Lipinski definition) is 1. The molecule has 0 spiro atoms. The molecule has 0 saturated heterocycles. The van der Waals surface area contributed by atoms with Crippen molar-refractivity contribution in [1.82, 2.24) is 5.32 Å². The van der Waals surface area contributed by atoms with Crippen LogP contribution in [0.1, 0.15) is 39.5 Å². The minimum Gasteiger partial charge on any atom is -0.383 e. The molecule has 0 heterocycles. The first-order valence-corrected chi connectivity index (χ1v) is 5.44. The number of hydrogen-bond acceptors (Lipinski definition) is 2. The summed E-state index contributed by atoms with van der Waals surface area (Å²) in [5, 5.41) is 3.28. The van der Waals surface area contributed by atoms with Crippen LogP contribution >= 0.6 is 0 Å². The van der Waals surface area contributed by atoms with E-state index in [0.29, 0.717) is 6.04 Å². The third-order valence-electron chi connectivity index (χ3n) is 2.85. The fourth-order valence-electron chi connectivity index (χ4n) is 1.65. The average molecular weight is 187 g/mol. The molecule has 1 unspecified atom stereocenters. The highest BCUT2D eigenvalue weighted by Gasteiger charge is 2.09. The molecule has 0 bridgehead atoms. The van der Waals surface area contributed by atoms with Crippen LogP contribution in [0.25, 0.3) is 0 Å². The Morgan fingerprint density at radius 3 is 2.15 bits per heavy atom. The summed E-state index contributed by atoms with van der Waals surface area (Å²) in [7, 11) is 3.78. The summed E-state index contributed by atoms with van der Waals surface area (Å²) >= 11 is 0. The third-order valence-corrected chi connectivity index (χ3v) is 2.85. The zero-order valence-electron chi connectivity index (χ0n) is 9.60. The van der Waals surface area contributed by atoms with E-state index in [2.05, 4.69) is 19.2 Å². The van der Waals surface area contributed by atoms with Crippen molar-refractivity contribution >= 4 is 0 Å². The van der Waals surface area contributed by atoms with Crippen molar-refractivity contribution in [3.05, 3.63) is 0 Å². The molecule has 0 aliphatic heterocycles. The topological polar surface area (TPSA) is 21.3 Å². The zero-order chi connectivity index (χ0) is 10.1. The summed E-state index contributed by atoms with van der Waals surface area (Å²) in [6.45, 7) is 5.38. The Balaban J connectivity index is 3.56. The summed E-state index contributed by atoms with van der Waals surface area (Å²) < 4.78 is 5.13. The van der Waals surface area contributed by atoms with Crippen LogP contribution in [0.3, 0.4) is 0 Å². The lowest BCUT2D eigenvalue weighted by Crippen LogP contribution is -2.30. The van der Waals surface area contributed by atoms with Gasteiger partial charge in [0.05, 0.1) is 6.61 Å². The van der Waals surface area contributed by atoms with Gasteiger partial charge in [0.15, 0.2) is 0 Å². The van der Waals surface area contributed by atoms with E-state index >= 15 is 0 Å². The first-order valence-electron chi connectivity index (χ1n) is 5.44. The molecule has 13 heavy (non-hydrogen) atoms. The summed E-state index contributed by atoms with van der Waals surface area (Å²) in [5.41, 5.74) is 0. The molecule has 1 atom stereocenters. The van der Waals surface area contributed by atoms with Crippen LogP contribution < -0.4 is 5.32 Å².